The Balaban J connectivity index is 1.16. The summed E-state index contributed by atoms with van der Waals surface area (Å²) in [6.45, 7) is 4.63. The molecule has 11 aromatic rings. The summed E-state index contributed by atoms with van der Waals surface area (Å²) >= 11 is 0. The molecule has 12 rings (SSSR count). The lowest BCUT2D eigenvalue weighted by Gasteiger charge is -2.21. The molecule has 5 nitrogen and oxygen atoms in total. The van der Waals surface area contributed by atoms with Crippen LogP contribution in [0, 0.1) is 0 Å². The highest BCUT2D eigenvalue weighted by Crippen LogP contribution is 2.49. The van der Waals surface area contributed by atoms with Crippen molar-refractivity contribution in [2.45, 2.75) is 19.3 Å². The standard InChI is InChI=1S/C54H37N5/c1-54(2)45-22-12-9-19-39(45)40-30-29-37(33-46(40)54)52-55-51(36-27-25-35(26-28-36)34-15-5-3-6-16-34)56-53(57-52)59-48-24-14-11-21-42(48)44-32-31-43-41-20-10-13-23-47(41)58(49(43)50(44)59)38-17-7-4-8-18-38/h3-33H,1-2H3. The number of hydrogen-bond donors (Lipinski definition) is 0. The second-order valence-corrected chi connectivity index (χ2v) is 16.1. The van der Waals surface area contributed by atoms with Crippen molar-refractivity contribution in [2.75, 3.05) is 0 Å². The smallest absolute Gasteiger partial charge is 0.238 e. The molecule has 0 atom stereocenters. The van der Waals surface area contributed by atoms with Crippen molar-refractivity contribution in [3.63, 3.8) is 0 Å². The summed E-state index contributed by atoms with van der Waals surface area (Å²) in [6.07, 6.45) is 0. The molecule has 5 heteroatoms. The summed E-state index contributed by atoms with van der Waals surface area (Å²) in [5.41, 5.74) is 14.6. The predicted octanol–water partition coefficient (Wildman–Crippen LogP) is 13.4. The number of para-hydroxylation sites is 3. The Hall–Kier alpha value is -7.63. The molecule has 0 saturated carbocycles. The maximum absolute atomic E-state index is 5.45. The van der Waals surface area contributed by atoms with Gasteiger partial charge in [-0.15, -0.1) is 0 Å². The third-order valence-electron chi connectivity index (χ3n) is 12.4. The molecule has 0 saturated heterocycles. The van der Waals surface area contributed by atoms with Gasteiger partial charge in [0.2, 0.25) is 5.95 Å². The van der Waals surface area contributed by atoms with Gasteiger partial charge in [0.05, 0.1) is 22.1 Å². The molecule has 0 spiro atoms. The molecule has 0 bridgehead atoms. The molecule has 3 heterocycles. The van der Waals surface area contributed by atoms with Crippen LogP contribution in [0.15, 0.2) is 188 Å². The van der Waals surface area contributed by atoms with E-state index < -0.39 is 0 Å². The fraction of sp³-hybridized carbons (Fsp3) is 0.0556. The molecule has 1 aliphatic rings. The Morgan fingerprint density at radius 2 is 0.881 bits per heavy atom. The second kappa shape index (κ2) is 12.7. The fourth-order valence-corrected chi connectivity index (χ4v) is 9.56. The lowest BCUT2D eigenvalue weighted by molar-refractivity contribution is 0.660. The van der Waals surface area contributed by atoms with Gasteiger partial charge in [0.25, 0.3) is 0 Å². The SMILES string of the molecule is CC1(C)c2ccccc2-c2ccc(-c3nc(-c4ccc(-c5ccccc5)cc4)nc(-n4c5ccccc5c5ccc6c7ccccc7n(-c7ccccc7)c6c54)n3)cc21. The number of hydrogen-bond acceptors (Lipinski definition) is 3. The van der Waals surface area contributed by atoms with Crippen LogP contribution in [0.5, 0.6) is 0 Å². The number of nitrogens with zero attached hydrogens (tertiary/aromatic N) is 5. The highest BCUT2D eigenvalue weighted by atomic mass is 15.2. The van der Waals surface area contributed by atoms with Crippen LogP contribution in [-0.2, 0) is 5.41 Å². The lowest BCUT2D eigenvalue weighted by atomic mass is 9.82. The topological polar surface area (TPSA) is 48.5 Å². The molecule has 1 aliphatic carbocycles. The molecule has 8 aromatic carbocycles. The zero-order valence-corrected chi connectivity index (χ0v) is 32.6. The molecule has 0 aliphatic heterocycles. The largest absolute Gasteiger partial charge is 0.307 e. The van der Waals surface area contributed by atoms with E-state index in [4.69, 9.17) is 15.0 Å². The first-order valence-corrected chi connectivity index (χ1v) is 20.2. The monoisotopic (exact) mass is 755 g/mol. The quantitative estimate of drug-likeness (QED) is 0.176. The molecule has 0 fully saturated rings. The van der Waals surface area contributed by atoms with E-state index in [1.54, 1.807) is 0 Å². The number of aromatic nitrogens is 5. The summed E-state index contributed by atoms with van der Waals surface area (Å²) in [4.78, 5) is 16.1. The molecule has 0 N–H and O–H groups in total. The van der Waals surface area contributed by atoms with E-state index in [9.17, 15) is 0 Å². The second-order valence-electron chi connectivity index (χ2n) is 16.1. The Bertz CT molecular complexity index is 3450. The van der Waals surface area contributed by atoms with Gasteiger partial charge in [0, 0.05) is 43.8 Å². The zero-order valence-electron chi connectivity index (χ0n) is 32.6. The Labute approximate surface area is 341 Å². The van der Waals surface area contributed by atoms with Gasteiger partial charge in [-0.2, -0.15) is 9.97 Å². The van der Waals surface area contributed by atoms with Gasteiger partial charge < -0.3 is 4.57 Å². The average molecular weight is 756 g/mol. The molecule has 59 heavy (non-hydrogen) atoms. The van der Waals surface area contributed by atoms with E-state index in [0.717, 1.165) is 55.2 Å². The van der Waals surface area contributed by atoms with Crippen molar-refractivity contribution in [2.24, 2.45) is 0 Å². The fourth-order valence-electron chi connectivity index (χ4n) is 9.56. The summed E-state index contributed by atoms with van der Waals surface area (Å²) in [6, 6.07) is 67.0. The van der Waals surface area contributed by atoms with Gasteiger partial charge >= 0.3 is 0 Å². The first kappa shape index (κ1) is 33.5. The van der Waals surface area contributed by atoms with E-state index in [1.165, 1.54) is 38.6 Å². The van der Waals surface area contributed by atoms with Crippen molar-refractivity contribution in [3.8, 4) is 56.7 Å². The van der Waals surface area contributed by atoms with E-state index in [2.05, 4.69) is 205 Å². The van der Waals surface area contributed by atoms with Crippen LogP contribution in [0.2, 0.25) is 0 Å². The van der Waals surface area contributed by atoms with Crippen LogP contribution in [0.3, 0.4) is 0 Å². The lowest BCUT2D eigenvalue weighted by Crippen LogP contribution is -2.15. The number of rotatable bonds is 5. The maximum atomic E-state index is 5.45. The molecular formula is C54H37N5. The van der Waals surface area contributed by atoms with Gasteiger partial charge in [0.1, 0.15) is 0 Å². The first-order valence-electron chi connectivity index (χ1n) is 20.2. The van der Waals surface area contributed by atoms with Crippen molar-refractivity contribution in [3.05, 3.63) is 199 Å². The molecular weight excluding hydrogens is 719 g/mol. The minimum atomic E-state index is -0.169. The Kier molecular flexibility index (Phi) is 7.20. The summed E-state index contributed by atoms with van der Waals surface area (Å²) in [5.74, 6) is 1.83. The zero-order chi connectivity index (χ0) is 39.2. The van der Waals surface area contributed by atoms with Crippen LogP contribution in [0.1, 0.15) is 25.0 Å². The molecule has 0 unspecified atom stereocenters. The van der Waals surface area contributed by atoms with Crippen molar-refractivity contribution < 1.29 is 0 Å². The van der Waals surface area contributed by atoms with E-state index >= 15 is 0 Å². The number of fused-ring (bicyclic) bond motifs is 10. The Morgan fingerprint density at radius 1 is 0.373 bits per heavy atom. The van der Waals surface area contributed by atoms with Crippen LogP contribution < -0.4 is 0 Å². The van der Waals surface area contributed by atoms with Crippen LogP contribution in [0.4, 0.5) is 0 Å². The Morgan fingerprint density at radius 3 is 1.59 bits per heavy atom. The summed E-state index contributed by atoms with van der Waals surface area (Å²) in [5, 5.41) is 4.65. The summed E-state index contributed by atoms with van der Waals surface area (Å²) < 4.78 is 4.67. The van der Waals surface area contributed by atoms with Crippen LogP contribution in [-0.4, -0.2) is 24.1 Å². The summed E-state index contributed by atoms with van der Waals surface area (Å²) in [7, 11) is 0. The highest BCUT2D eigenvalue weighted by molar-refractivity contribution is 6.23. The third kappa shape index (κ3) is 5.01. The highest BCUT2D eigenvalue weighted by Gasteiger charge is 2.35. The van der Waals surface area contributed by atoms with Crippen LogP contribution >= 0.6 is 0 Å². The van der Waals surface area contributed by atoms with Gasteiger partial charge in [-0.1, -0.05) is 172 Å². The first-order chi connectivity index (χ1) is 29.0. The predicted molar refractivity (Wildman–Crippen MR) is 242 cm³/mol. The molecule has 0 amide bonds. The minimum absolute atomic E-state index is 0.169. The van der Waals surface area contributed by atoms with E-state index in [1.807, 2.05) is 6.07 Å². The molecule has 0 radical (unpaired) electrons. The molecule has 3 aromatic heterocycles. The maximum Gasteiger partial charge on any atom is 0.238 e. The van der Waals surface area contributed by atoms with Gasteiger partial charge in [0.15, 0.2) is 11.6 Å². The van der Waals surface area contributed by atoms with Crippen molar-refractivity contribution >= 4 is 43.6 Å². The minimum Gasteiger partial charge on any atom is -0.307 e. The average Bonchev–Trinajstić information content (AvgIpc) is 3.90. The van der Waals surface area contributed by atoms with Gasteiger partial charge in [-0.3, -0.25) is 4.57 Å². The van der Waals surface area contributed by atoms with Gasteiger partial charge in [-0.25, -0.2) is 4.98 Å². The van der Waals surface area contributed by atoms with Crippen LogP contribution in [0.25, 0.3) is 100 Å². The third-order valence-corrected chi connectivity index (χ3v) is 12.4. The van der Waals surface area contributed by atoms with Crippen molar-refractivity contribution in [1.82, 2.24) is 24.1 Å². The van der Waals surface area contributed by atoms with E-state index in [-0.39, 0.29) is 5.41 Å². The number of benzene rings is 8. The van der Waals surface area contributed by atoms with Crippen molar-refractivity contribution in [1.29, 1.82) is 0 Å². The van der Waals surface area contributed by atoms with Gasteiger partial charge in [-0.05, 0) is 63.7 Å². The normalized spacial score (nSPS) is 13.1. The van der Waals surface area contributed by atoms with E-state index in [0.29, 0.717) is 17.6 Å². The molecule has 278 valence electrons.